The Balaban J connectivity index is 1.83. The topological polar surface area (TPSA) is 123 Å². The molecule has 0 atom stereocenters. The average molecular weight is 361 g/mol. The minimum atomic E-state index is 0.0911. The molecule has 7 heteroatoms. The second kappa shape index (κ2) is 8.08. The summed E-state index contributed by atoms with van der Waals surface area (Å²) in [5, 5.41) is 13.1. The fraction of sp³-hybridized carbons (Fsp3) is 0.100. The van der Waals surface area contributed by atoms with Crippen LogP contribution in [0.5, 0.6) is 5.75 Å². The lowest BCUT2D eigenvalue weighted by Gasteiger charge is -2.10. The molecule has 0 unspecified atom stereocenters. The van der Waals surface area contributed by atoms with Crippen molar-refractivity contribution in [2.24, 2.45) is 11.6 Å². The number of nitrogens with two attached hydrogens (primary N) is 2. The third-order valence-corrected chi connectivity index (χ3v) is 4.07. The van der Waals surface area contributed by atoms with Gasteiger partial charge < -0.3 is 20.4 Å². The molecule has 0 aliphatic rings. The highest BCUT2D eigenvalue weighted by Crippen LogP contribution is 2.27. The van der Waals surface area contributed by atoms with E-state index in [4.69, 9.17) is 26.1 Å². The molecular formula is C20H19N5O2. The average Bonchev–Trinajstić information content (AvgIpc) is 3.08. The minimum absolute atomic E-state index is 0.0911. The van der Waals surface area contributed by atoms with Crippen LogP contribution < -0.4 is 21.7 Å². The van der Waals surface area contributed by atoms with E-state index in [9.17, 15) is 0 Å². The summed E-state index contributed by atoms with van der Waals surface area (Å²) in [4.78, 5) is 0. The Bertz CT molecular complexity index is 1000. The van der Waals surface area contributed by atoms with Crippen molar-refractivity contribution in [3.8, 4) is 23.1 Å². The van der Waals surface area contributed by atoms with E-state index >= 15 is 0 Å². The molecule has 2 aromatic carbocycles. The first-order valence-electron chi connectivity index (χ1n) is 8.24. The number of nitrogens with zero attached hydrogens (tertiary/aromatic N) is 2. The number of allylic oxidation sites excluding steroid dienone is 1. The maximum atomic E-state index is 9.05. The van der Waals surface area contributed by atoms with Crippen LogP contribution in [0, 0.1) is 18.3 Å². The fourth-order valence-corrected chi connectivity index (χ4v) is 2.60. The van der Waals surface area contributed by atoms with Crippen molar-refractivity contribution in [3.05, 3.63) is 77.1 Å². The van der Waals surface area contributed by atoms with Crippen molar-refractivity contribution in [1.82, 2.24) is 10.6 Å². The molecule has 0 aliphatic carbocycles. The Morgan fingerprint density at radius 2 is 2.00 bits per heavy atom. The standard InChI is InChI=1S/C20H19N5O2/c1-13-17(20(27-25-13)14-6-3-2-4-7-14)12-26-16-9-5-8-15(10-16)19(22)18(11-21)24-23/h2-10,24H,12,22-23H2,1H3/b19-18-. The number of ether oxygens (including phenoxy) is 1. The fourth-order valence-electron chi connectivity index (χ4n) is 2.60. The van der Waals surface area contributed by atoms with Crippen molar-refractivity contribution < 1.29 is 9.26 Å². The minimum Gasteiger partial charge on any atom is -0.489 e. The summed E-state index contributed by atoms with van der Waals surface area (Å²) in [7, 11) is 0. The van der Waals surface area contributed by atoms with Crippen LogP contribution in [-0.4, -0.2) is 5.16 Å². The third kappa shape index (κ3) is 3.92. The van der Waals surface area contributed by atoms with Gasteiger partial charge in [0.1, 0.15) is 18.4 Å². The molecule has 0 aliphatic heterocycles. The van der Waals surface area contributed by atoms with Gasteiger partial charge in [0.2, 0.25) is 0 Å². The molecule has 3 aromatic rings. The van der Waals surface area contributed by atoms with Gasteiger partial charge in [-0.05, 0) is 19.1 Å². The van der Waals surface area contributed by atoms with Crippen molar-refractivity contribution in [2.45, 2.75) is 13.5 Å². The molecule has 0 spiro atoms. The normalized spacial score (nSPS) is 11.4. The van der Waals surface area contributed by atoms with E-state index in [1.54, 1.807) is 18.2 Å². The van der Waals surface area contributed by atoms with Crippen LogP contribution in [0.25, 0.3) is 17.0 Å². The molecule has 0 bridgehead atoms. The summed E-state index contributed by atoms with van der Waals surface area (Å²) < 4.78 is 11.4. The van der Waals surface area contributed by atoms with Gasteiger partial charge in [-0.3, -0.25) is 0 Å². The first-order valence-corrected chi connectivity index (χ1v) is 8.24. The molecule has 0 radical (unpaired) electrons. The van der Waals surface area contributed by atoms with E-state index in [1.807, 2.05) is 49.4 Å². The number of benzene rings is 2. The lowest BCUT2D eigenvalue weighted by molar-refractivity contribution is 0.305. The SMILES string of the molecule is Cc1noc(-c2ccccc2)c1COc1cccc(/C(N)=C(\C#N)NN)c1. The molecule has 1 heterocycles. The van der Waals surface area contributed by atoms with E-state index in [2.05, 4.69) is 10.6 Å². The highest BCUT2D eigenvalue weighted by Gasteiger charge is 2.15. The molecule has 0 amide bonds. The molecule has 0 saturated heterocycles. The number of hydrogen-bond donors (Lipinski definition) is 3. The van der Waals surface area contributed by atoms with Gasteiger partial charge >= 0.3 is 0 Å². The zero-order valence-electron chi connectivity index (χ0n) is 14.8. The van der Waals surface area contributed by atoms with E-state index in [1.165, 1.54) is 0 Å². The number of aryl methyl sites for hydroxylation is 1. The van der Waals surface area contributed by atoms with Gasteiger partial charge in [0.15, 0.2) is 11.5 Å². The Kier molecular flexibility index (Phi) is 5.40. The zero-order chi connectivity index (χ0) is 19.2. The summed E-state index contributed by atoms with van der Waals surface area (Å²) in [5.74, 6) is 6.60. The Hall–Kier alpha value is -3.76. The molecule has 0 saturated carbocycles. The zero-order valence-corrected chi connectivity index (χ0v) is 14.8. The van der Waals surface area contributed by atoms with E-state index in [0.717, 1.165) is 16.8 Å². The van der Waals surface area contributed by atoms with Crippen LogP contribution in [-0.2, 0) is 6.61 Å². The van der Waals surface area contributed by atoms with Crippen LogP contribution in [0.3, 0.4) is 0 Å². The smallest absolute Gasteiger partial charge is 0.173 e. The predicted molar refractivity (Wildman–Crippen MR) is 101 cm³/mol. The van der Waals surface area contributed by atoms with Gasteiger partial charge in [0.05, 0.1) is 17.0 Å². The summed E-state index contributed by atoms with van der Waals surface area (Å²) in [6.45, 7) is 2.16. The number of nitrogens with one attached hydrogen (secondary N) is 1. The quantitative estimate of drug-likeness (QED) is 0.350. The lowest BCUT2D eigenvalue weighted by Crippen LogP contribution is -2.23. The van der Waals surface area contributed by atoms with Gasteiger partial charge in [-0.2, -0.15) is 5.26 Å². The molecule has 5 N–H and O–H groups in total. The first kappa shape index (κ1) is 18.0. The molecule has 3 rings (SSSR count). The molecule has 7 nitrogen and oxygen atoms in total. The second-order valence-electron chi connectivity index (χ2n) is 5.80. The highest BCUT2D eigenvalue weighted by atomic mass is 16.5. The molecule has 27 heavy (non-hydrogen) atoms. The van der Waals surface area contributed by atoms with E-state index in [-0.39, 0.29) is 18.0 Å². The Morgan fingerprint density at radius 3 is 2.70 bits per heavy atom. The number of hydrogen-bond acceptors (Lipinski definition) is 7. The predicted octanol–water partition coefficient (Wildman–Crippen LogP) is 2.84. The van der Waals surface area contributed by atoms with Crippen molar-refractivity contribution in [2.75, 3.05) is 0 Å². The number of nitriles is 1. The summed E-state index contributed by atoms with van der Waals surface area (Å²) in [6, 6.07) is 18.8. The largest absolute Gasteiger partial charge is 0.489 e. The van der Waals surface area contributed by atoms with E-state index in [0.29, 0.717) is 17.1 Å². The molecule has 136 valence electrons. The van der Waals surface area contributed by atoms with Crippen molar-refractivity contribution in [3.63, 3.8) is 0 Å². The maximum absolute atomic E-state index is 9.05. The monoisotopic (exact) mass is 361 g/mol. The van der Waals surface area contributed by atoms with Crippen molar-refractivity contribution in [1.29, 1.82) is 5.26 Å². The maximum Gasteiger partial charge on any atom is 0.173 e. The number of aromatic nitrogens is 1. The van der Waals surface area contributed by atoms with E-state index < -0.39 is 0 Å². The number of rotatable bonds is 6. The first-order chi connectivity index (χ1) is 13.1. The number of hydrazine groups is 1. The third-order valence-electron chi connectivity index (χ3n) is 4.07. The van der Waals surface area contributed by atoms with Crippen LogP contribution in [0.15, 0.2) is 64.8 Å². The molecular weight excluding hydrogens is 342 g/mol. The van der Waals surface area contributed by atoms with Gasteiger partial charge in [0, 0.05) is 11.1 Å². The lowest BCUT2D eigenvalue weighted by atomic mass is 10.1. The highest BCUT2D eigenvalue weighted by molar-refractivity contribution is 5.69. The summed E-state index contributed by atoms with van der Waals surface area (Å²) >= 11 is 0. The molecule has 0 fully saturated rings. The van der Waals surface area contributed by atoms with Gasteiger partial charge in [-0.15, -0.1) is 0 Å². The van der Waals surface area contributed by atoms with Gasteiger partial charge in [-0.25, -0.2) is 5.84 Å². The van der Waals surface area contributed by atoms with Crippen LogP contribution >= 0.6 is 0 Å². The Morgan fingerprint density at radius 1 is 1.22 bits per heavy atom. The summed E-state index contributed by atoms with van der Waals surface area (Å²) in [5.41, 5.74) is 11.8. The Labute approximate surface area is 156 Å². The van der Waals surface area contributed by atoms with Gasteiger partial charge in [0.25, 0.3) is 0 Å². The van der Waals surface area contributed by atoms with Crippen LogP contribution in [0.4, 0.5) is 0 Å². The van der Waals surface area contributed by atoms with Crippen LogP contribution in [0.2, 0.25) is 0 Å². The van der Waals surface area contributed by atoms with Gasteiger partial charge in [-0.1, -0.05) is 47.6 Å². The summed E-state index contributed by atoms with van der Waals surface area (Å²) in [6.07, 6.45) is 0. The second-order valence-corrected chi connectivity index (χ2v) is 5.80. The molecule has 1 aromatic heterocycles. The van der Waals surface area contributed by atoms with Crippen molar-refractivity contribution >= 4 is 5.70 Å². The van der Waals surface area contributed by atoms with Crippen LogP contribution in [0.1, 0.15) is 16.8 Å².